The van der Waals surface area contributed by atoms with E-state index in [4.69, 9.17) is 4.74 Å². The highest BCUT2D eigenvalue weighted by Crippen LogP contribution is 2.29. The maximum atomic E-state index is 12.7. The van der Waals surface area contributed by atoms with Crippen LogP contribution in [0.2, 0.25) is 0 Å². The van der Waals surface area contributed by atoms with Crippen LogP contribution in [0.5, 0.6) is 0 Å². The van der Waals surface area contributed by atoms with E-state index >= 15 is 0 Å². The molecule has 2 N–H and O–H groups in total. The minimum atomic E-state index is -0.194. The van der Waals surface area contributed by atoms with Crippen molar-refractivity contribution in [3.8, 4) is 0 Å². The molecule has 2 fully saturated rings. The Labute approximate surface area is 164 Å². The normalized spacial score (nSPS) is 21.7. The summed E-state index contributed by atoms with van der Waals surface area (Å²) in [6.45, 7) is 4.74. The summed E-state index contributed by atoms with van der Waals surface area (Å²) in [5, 5.41) is 10.4. The number of aromatic nitrogens is 2. The van der Waals surface area contributed by atoms with E-state index in [1.165, 1.54) is 0 Å². The molecule has 1 aliphatic heterocycles. The van der Waals surface area contributed by atoms with E-state index < -0.39 is 0 Å². The molecule has 2 heterocycles. The highest BCUT2D eigenvalue weighted by molar-refractivity contribution is 5.98. The fourth-order valence-corrected chi connectivity index (χ4v) is 3.37. The smallest absolute Gasteiger partial charge is 0.251 e. The molecule has 2 atom stereocenters. The van der Waals surface area contributed by atoms with E-state index in [1.54, 1.807) is 24.3 Å². The molecule has 2 aromatic rings. The monoisotopic (exact) mass is 382 g/mol. The number of carbonyl (C=O) groups is 2. The summed E-state index contributed by atoms with van der Waals surface area (Å²) < 4.78 is 7.74. The lowest BCUT2D eigenvalue weighted by Gasteiger charge is -2.19. The first-order chi connectivity index (χ1) is 13.5. The molecule has 4 rings (SSSR count). The second-order valence-electron chi connectivity index (χ2n) is 7.83. The van der Waals surface area contributed by atoms with Crippen LogP contribution in [0.1, 0.15) is 71.5 Å². The van der Waals surface area contributed by atoms with Crippen molar-refractivity contribution in [2.75, 3.05) is 6.61 Å². The zero-order valence-corrected chi connectivity index (χ0v) is 16.2. The van der Waals surface area contributed by atoms with Gasteiger partial charge in [0.25, 0.3) is 11.8 Å². The fraction of sp³-hybridized carbons (Fsp3) is 0.476. The largest absolute Gasteiger partial charge is 0.371 e. The Bertz CT molecular complexity index is 855. The van der Waals surface area contributed by atoms with Crippen LogP contribution in [0.15, 0.2) is 36.7 Å². The van der Waals surface area contributed by atoms with Crippen molar-refractivity contribution in [2.45, 2.75) is 57.3 Å². The summed E-state index contributed by atoms with van der Waals surface area (Å²) in [5.41, 5.74) is 2.08. The molecule has 1 saturated carbocycles. The lowest BCUT2D eigenvalue weighted by atomic mass is 10.0. The first-order valence-electron chi connectivity index (χ1n) is 9.88. The molecule has 1 aliphatic carbocycles. The number of ether oxygens (including phenoxy) is 1. The summed E-state index contributed by atoms with van der Waals surface area (Å²) in [6.07, 6.45) is 6.44. The molecular weight excluding hydrogens is 356 g/mol. The van der Waals surface area contributed by atoms with Gasteiger partial charge < -0.3 is 15.4 Å². The number of amides is 2. The molecule has 1 aromatic heterocycles. The van der Waals surface area contributed by atoms with Crippen LogP contribution in [-0.4, -0.2) is 40.3 Å². The Balaban J connectivity index is 1.39. The van der Waals surface area contributed by atoms with Gasteiger partial charge in [0.05, 0.1) is 12.2 Å². The third-order valence-corrected chi connectivity index (χ3v) is 5.21. The SMILES string of the molecule is CC(C)n1cc([C@@H]2OCC[C@H]2NC(=O)c2ccc(C(=O)NC3CC3)cc2)cn1. The molecule has 0 bridgehead atoms. The number of nitrogens with zero attached hydrogens (tertiary/aromatic N) is 2. The second-order valence-corrected chi connectivity index (χ2v) is 7.83. The van der Waals surface area contributed by atoms with Crippen LogP contribution in [0.4, 0.5) is 0 Å². The highest BCUT2D eigenvalue weighted by Gasteiger charge is 2.32. The first-order valence-corrected chi connectivity index (χ1v) is 9.88. The van der Waals surface area contributed by atoms with Gasteiger partial charge in [0.2, 0.25) is 0 Å². The number of hydrogen-bond acceptors (Lipinski definition) is 4. The minimum Gasteiger partial charge on any atom is -0.371 e. The van der Waals surface area contributed by atoms with Crippen LogP contribution in [-0.2, 0) is 4.74 Å². The number of hydrogen-bond donors (Lipinski definition) is 2. The van der Waals surface area contributed by atoms with Crippen molar-refractivity contribution in [1.29, 1.82) is 0 Å². The summed E-state index contributed by atoms with van der Waals surface area (Å²) in [7, 11) is 0. The van der Waals surface area contributed by atoms with E-state index in [9.17, 15) is 9.59 Å². The van der Waals surface area contributed by atoms with Gasteiger partial charge in [-0.05, 0) is 57.4 Å². The van der Waals surface area contributed by atoms with Crippen molar-refractivity contribution in [3.63, 3.8) is 0 Å². The molecule has 7 nitrogen and oxygen atoms in total. The summed E-state index contributed by atoms with van der Waals surface area (Å²) in [4.78, 5) is 24.7. The molecule has 0 unspecified atom stereocenters. The van der Waals surface area contributed by atoms with Crippen molar-refractivity contribution >= 4 is 11.8 Å². The number of carbonyl (C=O) groups excluding carboxylic acids is 2. The molecule has 1 saturated heterocycles. The third-order valence-electron chi connectivity index (χ3n) is 5.21. The van der Waals surface area contributed by atoms with Crippen molar-refractivity contribution in [3.05, 3.63) is 53.3 Å². The van der Waals surface area contributed by atoms with Crippen molar-refractivity contribution in [2.24, 2.45) is 0 Å². The zero-order valence-electron chi connectivity index (χ0n) is 16.2. The number of nitrogens with one attached hydrogen (secondary N) is 2. The highest BCUT2D eigenvalue weighted by atomic mass is 16.5. The van der Waals surface area contributed by atoms with E-state index in [2.05, 4.69) is 29.6 Å². The predicted octanol–water partition coefficient (Wildman–Crippen LogP) is 2.62. The minimum absolute atomic E-state index is 0.0825. The van der Waals surface area contributed by atoms with Gasteiger partial charge >= 0.3 is 0 Å². The van der Waals surface area contributed by atoms with Gasteiger partial charge in [-0.2, -0.15) is 5.10 Å². The van der Waals surface area contributed by atoms with Gasteiger partial charge in [0.1, 0.15) is 6.10 Å². The Morgan fingerprint density at radius 3 is 2.29 bits per heavy atom. The molecule has 28 heavy (non-hydrogen) atoms. The maximum absolute atomic E-state index is 12.7. The van der Waals surface area contributed by atoms with Gasteiger partial charge in [0.15, 0.2) is 0 Å². The predicted molar refractivity (Wildman–Crippen MR) is 104 cm³/mol. The lowest BCUT2D eigenvalue weighted by Crippen LogP contribution is -2.36. The van der Waals surface area contributed by atoms with Crippen LogP contribution >= 0.6 is 0 Å². The fourth-order valence-electron chi connectivity index (χ4n) is 3.37. The standard InChI is InChI=1S/C21H26N4O3/c1-13(2)25-12-16(11-22-25)19-18(9-10-28-19)24-21(27)15-5-3-14(4-6-15)20(26)23-17-7-8-17/h3-6,11-13,17-19H,7-10H2,1-2H3,(H,23,26)(H,24,27)/t18-,19+/m1/s1. The summed E-state index contributed by atoms with van der Waals surface area (Å²) in [6, 6.07) is 7.27. The Kier molecular flexibility index (Phi) is 5.17. The average Bonchev–Trinajstić information content (AvgIpc) is 3.17. The quantitative estimate of drug-likeness (QED) is 0.804. The van der Waals surface area contributed by atoms with Gasteiger partial charge in [-0.25, -0.2) is 0 Å². The van der Waals surface area contributed by atoms with E-state index in [1.807, 2.05) is 17.1 Å². The van der Waals surface area contributed by atoms with Crippen LogP contribution in [0.3, 0.4) is 0 Å². The molecule has 2 amide bonds. The third kappa shape index (κ3) is 4.09. The van der Waals surface area contributed by atoms with Crippen LogP contribution < -0.4 is 10.6 Å². The van der Waals surface area contributed by atoms with E-state index in [0.717, 1.165) is 24.8 Å². The van der Waals surface area contributed by atoms with Gasteiger partial charge in [-0.15, -0.1) is 0 Å². The number of rotatable bonds is 6. The molecule has 0 spiro atoms. The molecular formula is C21H26N4O3. The Morgan fingerprint density at radius 2 is 1.71 bits per heavy atom. The molecule has 0 radical (unpaired) electrons. The van der Waals surface area contributed by atoms with Gasteiger partial charge in [0, 0.05) is 41.6 Å². The Hall–Kier alpha value is -2.67. The van der Waals surface area contributed by atoms with E-state index in [0.29, 0.717) is 23.8 Å². The Morgan fingerprint density at radius 1 is 1.07 bits per heavy atom. The second kappa shape index (κ2) is 7.75. The first kappa shape index (κ1) is 18.7. The van der Waals surface area contributed by atoms with E-state index in [-0.39, 0.29) is 30.0 Å². The maximum Gasteiger partial charge on any atom is 0.251 e. The lowest BCUT2D eigenvalue weighted by molar-refractivity contribution is 0.0820. The van der Waals surface area contributed by atoms with Crippen molar-refractivity contribution in [1.82, 2.24) is 20.4 Å². The molecule has 148 valence electrons. The summed E-state index contributed by atoms with van der Waals surface area (Å²) in [5.74, 6) is -0.244. The number of benzene rings is 1. The summed E-state index contributed by atoms with van der Waals surface area (Å²) >= 11 is 0. The zero-order chi connectivity index (χ0) is 19.7. The molecule has 7 heteroatoms. The molecule has 1 aromatic carbocycles. The topological polar surface area (TPSA) is 85.2 Å². The van der Waals surface area contributed by atoms with Gasteiger partial charge in [-0.3, -0.25) is 14.3 Å². The van der Waals surface area contributed by atoms with Crippen LogP contribution in [0.25, 0.3) is 0 Å². The van der Waals surface area contributed by atoms with Gasteiger partial charge in [-0.1, -0.05) is 0 Å². The van der Waals surface area contributed by atoms with Crippen molar-refractivity contribution < 1.29 is 14.3 Å². The average molecular weight is 382 g/mol. The molecule has 2 aliphatic rings. The van der Waals surface area contributed by atoms with Crippen LogP contribution in [0, 0.1) is 0 Å².